The number of para-hydroxylation sites is 8. The van der Waals surface area contributed by atoms with Gasteiger partial charge in [0.15, 0.2) is 39.4 Å². The molecule has 20 aromatic rings. The van der Waals surface area contributed by atoms with Crippen molar-refractivity contribution in [3.63, 3.8) is 0 Å². The van der Waals surface area contributed by atoms with E-state index < -0.39 is 0 Å². The molecule has 11 heteroatoms. The zero-order valence-electron chi connectivity index (χ0n) is 89.0. The second-order valence-electron chi connectivity index (χ2n) is 27.2. The number of furan rings is 1. The molecule has 133 heavy (non-hydrogen) atoms. The van der Waals surface area contributed by atoms with Gasteiger partial charge in [-0.3, -0.25) is 4.98 Å². The summed E-state index contributed by atoms with van der Waals surface area (Å²) in [7, 11) is 10.5. The van der Waals surface area contributed by atoms with Crippen LogP contribution in [0.5, 0.6) is 0 Å². The Morgan fingerprint density at radius 1 is 0.278 bits per heavy atom. The summed E-state index contributed by atoms with van der Waals surface area (Å²) in [6.07, 6.45) is 12.3. The number of hydrogen-bond acceptors (Lipinski definition) is 2. The third kappa shape index (κ3) is 26.9. The van der Waals surface area contributed by atoms with E-state index in [9.17, 15) is 0 Å². The van der Waals surface area contributed by atoms with Crippen LogP contribution in [0.1, 0.15) is 222 Å². The minimum Gasteiger partial charge on any atom is -0.453 e. The Kier molecular flexibility index (Phi) is 55.0. The molecule has 0 N–H and O–H groups in total. The SMILES string of the molecule is CC.CC.CC.CC.CC.CC.CC.CC.CC.CC.CC.CC.CC.CC.Cc1ccc2c(oc3cccnc32)c1-c1cccc[n+]1C.Cc1cccc2c3ccccc3n3c4ccccc4[n+](C)c3c12.Cc1cccc2c3ccccc3n3cc[n+](C)c3c12.Cc1ccccc1-c1n(-c2ccccc2)c2ccccc2[n+]1C.Cc1ccccc1-c1n(-c2ccccc2)cc[n+]1C. The van der Waals surface area contributed by atoms with Crippen LogP contribution in [0.4, 0.5) is 0 Å². The van der Waals surface area contributed by atoms with Crippen molar-refractivity contribution in [3.8, 4) is 45.4 Å². The molecule has 0 fully saturated rings. The Bertz CT molecular complexity index is 6670. The van der Waals surface area contributed by atoms with Gasteiger partial charge in [0.05, 0.1) is 55.7 Å². The molecule has 0 aliphatic heterocycles. The first-order valence-electron chi connectivity index (χ1n) is 49.8. The standard InChI is InChI=1S/C21H17N2.C21H19N2.C18H15N2O.C17H15N2.C17H17N2.14C2H6/c1-14-8-7-10-16-15-9-3-4-11-17(15)23-19-13-6-5-12-18(19)22(2)21(23)20(14)16;1-16-10-6-7-13-18(16)21-22(2)19-14-8-9-15-20(19)23(21)17-11-4-3-5-12-17;1-12-8-9-13-17-15(7-5-10-19-17)21-18(13)16(12)14-6-3-4-11-20(14)2;1-12-6-5-8-14-13-7-3-4-9-15(13)19-11-10-18(2)17(19)16(12)14;1-14-8-6-7-11-16(14)17-18(2)12-13-19(17)15-9-4-3-5-10-15;14*1-2/h3-13H,1-2H3;3-15H,1-2H3;3-11H,1-2H3;3-11H,1-2H3;3-13H,1-2H3;14*1-2H3/q5*+1;;;;;;;;;;;;;;. The fourth-order valence-electron chi connectivity index (χ4n) is 15.6. The molecule has 0 bridgehead atoms. The van der Waals surface area contributed by atoms with Gasteiger partial charge in [-0.25, -0.2) is 22.8 Å². The number of pyridine rings is 4. The number of rotatable bonds is 5. The van der Waals surface area contributed by atoms with Crippen molar-refractivity contribution in [2.75, 3.05) is 0 Å². The Balaban J connectivity index is 0.000000527. The molecule has 0 spiro atoms. The van der Waals surface area contributed by atoms with Crippen LogP contribution < -0.4 is 22.8 Å². The summed E-state index contributed by atoms with van der Waals surface area (Å²) in [4.78, 5) is 4.46. The highest BCUT2D eigenvalue weighted by Crippen LogP contribution is 2.38. The predicted molar refractivity (Wildman–Crippen MR) is 588 cm³/mol. The first-order valence-corrected chi connectivity index (χ1v) is 49.8. The molecule has 0 unspecified atom stereocenters. The third-order valence-electron chi connectivity index (χ3n) is 20.6. The van der Waals surface area contributed by atoms with Crippen molar-refractivity contribution in [1.82, 2.24) is 22.9 Å². The van der Waals surface area contributed by atoms with Crippen molar-refractivity contribution >= 4 is 98.8 Å². The van der Waals surface area contributed by atoms with Crippen LogP contribution >= 0.6 is 0 Å². The molecular formula is C122H167N10O+5. The number of aryl methyl sites for hydroxylation is 10. The van der Waals surface area contributed by atoms with E-state index in [2.05, 4.69) is 407 Å². The van der Waals surface area contributed by atoms with Crippen LogP contribution in [0.15, 0.2) is 327 Å². The number of fused-ring (bicyclic) bond motifs is 18. The van der Waals surface area contributed by atoms with E-state index in [1.165, 1.54) is 139 Å². The molecule has 0 amide bonds. The zero-order chi connectivity index (χ0) is 100.0. The smallest absolute Gasteiger partial charge is 0.295 e. The number of aromatic nitrogens is 10. The summed E-state index contributed by atoms with van der Waals surface area (Å²) in [6, 6.07) is 100.0. The molecule has 0 aliphatic carbocycles. The summed E-state index contributed by atoms with van der Waals surface area (Å²) >= 11 is 0. The lowest BCUT2D eigenvalue weighted by Gasteiger charge is -2.06. The van der Waals surface area contributed by atoms with Crippen molar-refractivity contribution in [2.24, 2.45) is 35.2 Å². The van der Waals surface area contributed by atoms with Gasteiger partial charge >= 0.3 is 0 Å². The van der Waals surface area contributed by atoms with Crippen molar-refractivity contribution in [1.29, 1.82) is 0 Å². The van der Waals surface area contributed by atoms with Gasteiger partial charge in [-0.15, -0.1) is 0 Å². The van der Waals surface area contributed by atoms with E-state index in [-0.39, 0.29) is 0 Å². The molecule has 9 heterocycles. The van der Waals surface area contributed by atoms with Crippen LogP contribution in [-0.4, -0.2) is 22.9 Å². The molecule has 0 saturated heterocycles. The number of nitrogens with zero attached hydrogens (tertiary/aromatic N) is 10. The Hall–Kier alpha value is -13.1. The predicted octanol–water partition coefficient (Wildman–Crippen LogP) is 33.8. The summed E-state index contributed by atoms with van der Waals surface area (Å²) in [5.41, 5.74) is 26.2. The summed E-state index contributed by atoms with van der Waals surface area (Å²) in [6.45, 7) is 66.8. The Morgan fingerprint density at radius 3 is 1.22 bits per heavy atom. The molecule has 706 valence electrons. The number of imidazole rings is 4. The lowest BCUT2D eigenvalue weighted by molar-refractivity contribution is -0.660. The second kappa shape index (κ2) is 63.0. The first kappa shape index (κ1) is 116. The van der Waals surface area contributed by atoms with Crippen LogP contribution in [0.2, 0.25) is 0 Å². The fourth-order valence-corrected chi connectivity index (χ4v) is 15.6. The summed E-state index contributed by atoms with van der Waals surface area (Å²) in [5.74, 6) is 2.40. The van der Waals surface area contributed by atoms with Gasteiger partial charge in [0.25, 0.3) is 22.9 Å². The first-order chi connectivity index (χ1) is 65.3. The molecule has 20 rings (SSSR count). The van der Waals surface area contributed by atoms with E-state index in [1.54, 1.807) is 6.20 Å². The van der Waals surface area contributed by atoms with E-state index in [4.69, 9.17) is 4.42 Å². The molecule has 11 nitrogen and oxygen atoms in total. The van der Waals surface area contributed by atoms with E-state index >= 15 is 0 Å². The Labute approximate surface area is 803 Å². The van der Waals surface area contributed by atoms with Gasteiger partial charge < -0.3 is 4.42 Å². The fraction of sp³-hybridized carbons (Fsp3) is 0.311. The van der Waals surface area contributed by atoms with Crippen molar-refractivity contribution < 1.29 is 27.3 Å². The quantitative estimate of drug-likeness (QED) is 0.127. The average Bonchev–Trinajstić information content (AvgIpc) is 1.57. The number of benzene rings is 11. The highest BCUT2D eigenvalue weighted by atomic mass is 16.3. The minimum absolute atomic E-state index is 0.831. The van der Waals surface area contributed by atoms with Gasteiger partial charge in [-0.05, 0) is 159 Å². The molecule has 0 aliphatic rings. The van der Waals surface area contributed by atoms with Crippen LogP contribution in [0.25, 0.3) is 144 Å². The Morgan fingerprint density at radius 2 is 0.692 bits per heavy atom. The van der Waals surface area contributed by atoms with Crippen LogP contribution in [0.3, 0.4) is 0 Å². The second-order valence-corrected chi connectivity index (χ2v) is 27.2. The van der Waals surface area contributed by atoms with E-state index in [1.807, 2.05) is 218 Å². The lowest BCUT2D eigenvalue weighted by Crippen LogP contribution is -2.30. The van der Waals surface area contributed by atoms with E-state index in [0.29, 0.717) is 0 Å². The normalized spacial score (nSPS) is 9.58. The van der Waals surface area contributed by atoms with Gasteiger partial charge in [-0.1, -0.05) is 370 Å². The van der Waals surface area contributed by atoms with Gasteiger partial charge in [0, 0.05) is 45.3 Å². The van der Waals surface area contributed by atoms with Crippen molar-refractivity contribution in [3.05, 3.63) is 350 Å². The monoisotopic (exact) mass is 1790 g/mol. The largest absolute Gasteiger partial charge is 0.453 e. The summed E-state index contributed by atoms with van der Waals surface area (Å²) < 4.78 is 26.4. The molecule has 0 atom stereocenters. The molecule has 11 aromatic carbocycles. The maximum absolute atomic E-state index is 6.10. The maximum atomic E-state index is 6.10. The molecular weight excluding hydrogens is 1620 g/mol. The average molecular weight is 1790 g/mol. The maximum Gasteiger partial charge on any atom is 0.295 e. The summed E-state index contributed by atoms with van der Waals surface area (Å²) in [5, 5.41) is 9.02. The topological polar surface area (TPSA) is 64.1 Å². The number of hydrogen-bond donors (Lipinski definition) is 0. The van der Waals surface area contributed by atoms with Gasteiger partial charge in [-0.2, -0.15) is 17.9 Å². The third-order valence-corrected chi connectivity index (χ3v) is 20.6. The zero-order valence-corrected chi connectivity index (χ0v) is 89.0. The molecule has 9 aromatic heterocycles. The van der Waals surface area contributed by atoms with Crippen LogP contribution in [0, 0.1) is 34.6 Å². The van der Waals surface area contributed by atoms with Crippen LogP contribution in [-0.2, 0) is 35.2 Å². The minimum atomic E-state index is 0.831. The molecule has 0 radical (unpaired) electrons. The highest BCUT2D eigenvalue weighted by Gasteiger charge is 2.29. The molecule has 0 saturated carbocycles. The van der Waals surface area contributed by atoms with Gasteiger partial charge in [0.2, 0.25) is 5.69 Å². The van der Waals surface area contributed by atoms with E-state index in [0.717, 1.165) is 33.3 Å². The lowest BCUT2D eigenvalue weighted by atomic mass is 10.0. The van der Waals surface area contributed by atoms with Gasteiger partial charge in [0.1, 0.15) is 59.8 Å². The highest BCUT2D eigenvalue weighted by molar-refractivity contribution is 6.14. The van der Waals surface area contributed by atoms with Crippen molar-refractivity contribution in [2.45, 2.75) is 228 Å².